The molecule has 0 radical (unpaired) electrons. The van der Waals surface area contributed by atoms with Crippen molar-refractivity contribution >= 4 is 15.9 Å². The molecule has 1 aromatic heterocycles. The molecule has 0 bridgehead atoms. The Labute approximate surface area is 137 Å². The third kappa shape index (κ3) is 3.42. The van der Waals surface area contributed by atoms with Gasteiger partial charge in [-0.1, -0.05) is 0 Å². The molecule has 24 heavy (non-hydrogen) atoms. The Morgan fingerprint density at radius 1 is 1.42 bits per heavy atom. The molecule has 0 aromatic carbocycles. The third-order valence-corrected chi connectivity index (χ3v) is 4.97. The zero-order chi connectivity index (χ0) is 17.5. The van der Waals surface area contributed by atoms with Gasteiger partial charge in [0.15, 0.2) is 0 Å². The van der Waals surface area contributed by atoms with E-state index in [1.54, 1.807) is 0 Å². The molecular formula is C13H18N4O6S. The van der Waals surface area contributed by atoms with Crippen molar-refractivity contribution < 1.29 is 17.9 Å². The van der Waals surface area contributed by atoms with Crippen molar-refractivity contribution in [2.45, 2.75) is 31.2 Å². The number of aromatic nitrogens is 2. The fraction of sp³-hybridized carbons (Fsp3) is 0.615. The first kappa shape index (κ1) is 16.9. The molecule has 1 saturated heterocycles. The molecule has 10 nitrogen and oxygen atoms in total. The van der Waals surface area contributed by atoms with Crippen LogP contribution in [0.25, 0.3) is 0 Å². The van der Waals surface area contributed by atoms with Crippen LogP contribution in [0.2, 0.25) is 0 Å². The number of sulfonamides is 1. The number of H-pyrrole nitrogens is 1. The Kier molecular flexibility index (Phi) is 4.32. The quantitative estimate of drug-likeness (QED) is 0.526. The van der Waals surface area contributed by atoms with Crippen molar-refractivity contribution in [3.63, 3.8) is 0 Å². The van der Waals surface area contributed by atoms with Crippen molar-refractivity contribution in [3.8, 4) is 0 Å². The molecule has 1 aliphatic heterocycles. The van der Waals surface area contributed by atoms with E-state index in [2.05, 4.69) is 15.0 Å². The molecule has 1 aliphatic carbocycles. The second-order valence-electron chi connectivity index (χ2n) is 6.04. The van der Waals surface area contributed by atoms with Crippen molar-refractivity contribution in [2.75, 3.05) is 12.9 Å². The first-order valence-electron chi connectivity index (χ1n) is 7.42. The van der Waals surface area contributed by atoms with Crippen LogP contribution in [0, 0.1) is 5.92 Å². The number of nitrogens with zero attached hydrogens (tertiary/aromatic N) is 1. The summed E-state index contributed by atoms with van der Waals surface area (Å²) in [5, 5.41) is 2.75. The smallest absolute Gasteiger partial charge is 0.328 e. The highest BCUT2D eigenvalue weighted by atomic mass is 32.2. The van der Waals surface area contributed by atoms with E-state index in [1.165, 1.54) is 6.20 Å². The predicted octanol–water partition coefficient (Wildman–Crippen LogP) is -2.64. The minimum Gasteiger partial charge on any atom is -0.376 e. The van der Waals surface area contributed by atoms with Gasteiger partial charge in [-0.15, -0.1) is 0 Å². The lowest BCUT2D eigenvalue weighted by molar-refractivity contribution is -0.125. The van der Waals surface area contributed by atoms with Crippen molar-refractivity contribution in [2.24, 2.45) is 5.92 Å². The molecule has 0 spiro atoms. The maximum Gasteiger partial charge on any atom is 0.328 e. The van der Waals surface area contributed by atoms with Crippen LogP contribution in [0.3, 0.4) is 0 Å². The lowest BCUT2D eigenvalue weighted by Gasteiger charge is -2.47. The van der Waals surface area contributed by atoms with Gasteiger partial charge in [0.25, 0.3) is 5.56 Å². The van der Waals surface area contributed by atoms with Crippen molar-refractivity contribution in [1.29, 1.82) is 0 Å². The number of hydrogen-bond donors (Lipinski definition) is 3. The van der Waals surface area contributed by atoms with Gasteiger partial charge >= 0.3 is 5.69 Å². The van der Waals surface area contributed by atoms with Gasteiger partial charge in [0.2, 0.25) is 15.9 Å². The largest absolute Gasteiger partial charge is 0.376 e. The molecule has 2 aliphatic rings. The van der Waals surface area contributed by atoms with E-state index in [0.717, 1.165) is 23.3 Å². The standard InChI is InChI=1S/C13H18N4O6S/c1-24(21,22)16-11-10(7-3-5-23-12(7)11)14-9(19)6-17-4-2-8(18)15-13(17)20/h2,4,7,10-12,16H,3,5-6H2,1H3,(H,14,19)(H,15,18,20)/t7-,10+,11-,12-/m1/s1. The van der Waals surface area contributed by atoms with E-state index in [-0.39, 0.29) is 18.6 Å². The Hall–Kier alpha value is -1.98. The average Bonchev–Trinajstić information content (AvgIpc) is 2.89. The maximum atomic E-state index is 12.2. The van der Waals surface area contributed by atoms with Crippen molar-refractivity contribution in [3.05, 3.63) is 33.1 Å². The van der Waals surface area contributed by atoms with E-state index in [0.29, 0.717) is 6.61 Å². The number of hydrogen-bond acceptors (Lipinski definition) is 6. The number of carbonyl (C=O) groups excluding carboxylic acids is 1. The monoisotopic (exact) mass is 358 g/mol. The minimum absolute atomic E-state index is 0.0421. The van der Waals surface area contributed by atoms with E-state index in [9.17, 15) is 22.8 Å². The van der Waals surface area contributed by atoms with Crippen LogP contribution in [0.15, 0.2) is 21.9 Å². The second-order valence-corrected chi connectivity index (χ2v) is 7.82. The molecule has 2 heterocycles. The molecule has 3 rings (SSSR count). The van der Waals surface area contributed by atoms with Crippen LogP contribution in [-0.4, -0.2) is 54.9 Å². The summed E-state index contributed by atoms with van der Waals surface area (Å²) in [6.45, 7) is 0.249. The summed E-state index contributed by atoms with van der Waals surface area (Å²) in [6, 6.07) is 0.231. The fourth-order valence-electron chi connectivity index (χ4n) is 3.25. The molecule has 3 N–H and O–H groups in total. The molecule has 2 fully saturated rings. The summed E-state index contributed by atoms with van der Waals surface area (Å²) < 4.78 is 32.0. The highest BCUT2D eigenvalue weighted by Crippen LogP contribution is 2.39. The lowest BCUT2D eigenvalue weighted by atomic mass is 9.72. The van der Waals surface area contributed by atoms with Gasteiger partial charge in [0, 0.05) is 24.8 Å². The summed E-state index contributed by atoms with van der Waals surface area (Å²) in [5.41, 5.74) is -1.22. The van der Waals surface area contributed by atoms with E-state index < -0.39 is 39.3 Å². The van der Waals surface area contributed by atoms with E-state index in [4.69, 9.17) is 4.74 Å². The first-order chi connectivity index (χ1) is 11.2. The molecule has 132 valence electrons. The number of nitrogens with one attached hydrogen (secondary N) is 3. The van der Waals surface area contributed by atoms with Crippen LogP contribution in [0.4, 0.5) is 0 Å². The number of aromatic amines is 1. The van der Waals surface area contributed by atoms with E-state index >= 15 is 0 Å². The van der Waals surface area contributed by atoms with Gasteiger partial charge < -0.3 is 10.1 Å². The Bertz CT molecular complexity index is 860. The highest BCUT2D eigenvalue weighted by Gasteiger charge is 2.55. The summed E-state index contributed by atoms with van der Waals surface area (Å²) in [4.78, 5) is 36.8. The van der Waals surface area contributed by atoms with Gasteiger partial charge in [0.1, 0.15) is 6.54 Å². The van der Waals surface area contributed by atoms with Crippen LogP contribution < -0.4 is 21.3 Å². The van der Waals surface area contributed by atoms with Gasteiger partial charge in [-0.3, -0.25) is 19.1 Å². The van der Waals surface area contributed by atoms with Crippen LogP contribution in [0.1, 0.15) is 6.42 Å². The highest BCUT2D eigenvalue weighted by molar-refractivity contribution is 7.88. The number of amides is 1. The first-order valence-corrected chi connectivity index (χ1v) is 9.32. The number of ether oxygens (including phenoxy) is 1. The third-order valence-electron chi connectivity index (χ3n) is 4.27. The molecule has 1 amide bonds. The number of rotatable bonds is 5. The van der Waals surface area contributed by atoms with Crippen LogP contribution in [0.5, 0.6) is 0 Å². The Balaban J connectivity index is 1.68. The molecule has 4 atom stereocenters. The zero-order valence-electron chi connectivity index (χ0n) is 12.9. The van der Waals surface area contributed by atoms with Gasteiger partial charge in [0.05, 0.1) is 24.4 Å². The van der Waals surface area contributed by atoms with Gasteiger partial charge in [-0.25, -0.2) is 17.9 Å². The maximum absolute atomic E-state index is 12.2. The lowest BCUT2D eigenvalue weighted by Crippen LogP contribution is -2.71. The number of fused-ring (bicyclic) bond motifs is 1. The molecule has 1 aromatic rings. The summed E-state index contributed by atoms with van der Waals surface area (Å²) >= 11 is 0. The van der Waals surface area contributed by atoms with Crippen LogP contribution in [-0.2, 0) is 26.1 Å². The number of carbonyl (C=O) groups is 1. The fourth-order valence-corrected chi connectivity index (χ4v) is 4.02. The molecular weight excluding hydrogens is 340 g/mol. The molecule has 11 heteroatoms. The topological polar surface area (TPSA) is 139 Å². The molecule has 0 unspecified atom stereocenters. The zero-order valence-corrected chi connectivity index (χ0v) is 13.7. The van der Waals surface area contributed by atoms with Gasteiger partial charge in [-0.2, -0.15) is 0 Å². The predicted molar refractivity (Wildman–Crippen MR) is 82.9 cm³/mol. The Morgan fingerprint density at radius 3 is 2.83 bits per heavy atom. The Morgan fingerprint density at radius 2 is 2.17 bits per heavy atom. The second kappa shape index (κ2) is 6.15. The molecule has 1 saturated carbocycles. The van der Waals surface area contributed by atoms with Crippen LogP contribution >= 0.6 is 0 Å². The SMILES string of the molecule is CS(=O)(=O)N[C@@H]1[C@@H](NC(=O)Cn2ccc(=O)[nH]c2=O)[C@H]2CCO[C@H]21. The normalized spacial score (nSPS) is 28.9. The van der Waals surface area contributed by atoms with E-state index in [1.807, 2.05) is 0 Å². The minimum atomic E-state index is -3.44. The van der Waals surface area contributed by atoms with Gasteiger partial charge in [-0.05, 0) is 6.42 Å². The summed E-state index contributed by atoms with van der Waals surface area (Å²) in [6.07, 6.45) is 2.76. The summed E-state index contributed by atoms with van der Waals surface area (Å²) in [5.74, 6) is -0.402. The average molecular weight is 358 g/mol. The summed E-state index contributed by atoms with van der Waals surface area (Å²) in [7, 11) is -3.44. The van der Waals surface area contributed by atoms with Crippen molar-refractivity contribution in [1.82, 2.24) is 19.6 Å².